The van der Waals surface area contributed by atoms with Gasteiger partial charge in [0.25, 0.3) is 10.0 Å². The van der Waals surface area contributed by atoms with Crippen LogP contribution in [-0.2, 0) is 14.8 Å². The molecule has 2 aromatic carbocycles. The van der Waals surface area contributed by atoms with Crippen LogP contribution >= 0.6 is 11.6 Å². The second kappa shape index (κ2) is 7.89. The number of nitrogens with zero attached hydrogens (tertiary/aromatic N) is 1. The smallest absolute Gasteiger partial charge is 0.263 e. The SMILES string of the molecule is CC[C@H](C)[C@H](N=C1NS(=O)(=O)c2ccccc21)C(=O)Nc1ccc(F)c(Cl)c1. The van der Waals surface area contributed by atoms with Crippen molar-refractivity contribution in [3.63, 3.8) is 0 Å². The molecule has 3 rings (SSSR count). The van der Waals surface area contributed by atoms with Gasteiger partial charge in [-0.1, -0.05) is 44.0 Å². The molecule has 0 spiro atoms. The molecule has 2 aromatic rings. The Morgan fingerprint density at radius 1 is 1.29 bits per heavy atom. The lowest BCUT2D eigenvalue weighted by Crippen LogP contribution is -2.34. The van der Waals surface area contributed by atoms with Crippen LogP contribution in [0.1, 0.15) is 25.8 Å². The van der Waals surface area contributed by atoms with Gasteiger partial charge in [-0.05, 0) is 36.2 Å². The van der Waals surface area contributed by atoms with Crippen molar-refractivity contribution in [2.45, 2.75) is 31.2 Å². The minimum Gasteiger partial charge on any atom is -0.324 e. The van der Waals surface area contributed by atoms with E-state index in [9.17, 15) is 17.6 Å². The van der Waals surface area contributed by atoms with Crippen LogP contribution in [-0.4, -0.2) is 26.2 Å². The summed E-state index contributed by atoms with van der Waals surface area (Å²) in [6, 6.07) is 9.46. The first kappa shape index (κ1) is 20.3. The van der Waals surface area contributed by atoms with E-state index in [1.54, 1.807) is 18.2 Å². The number of anilines is 1. The Hall–Kier alpha value is -2.45. The number of sulfonamides is 1. The Balaban J connectivity index is 1.94. The normalized spacial score (nSPS) is 18.2. The van der Waals surface area contributed by atoms with E-state index < -0.39 is 27.8 Å². The van der Waals surface area contributed by atoms with Gasteiger partial charge in [0.05, 0.1) is 9.92 Å². The zero-order valence-corrected chi connectivity index (χ0v) is 16.8. The van der Waals surface area contributed by atoms with Crippen molar-refractivity contribution in [1.82, 2.24) is 4.72 Å². The van der Waals surface area contributed by atoms with Crippen LogP contribution in [0.3, 0.4) is 0 Å². The van der Waals surface area contributed by atoms with Crippen molar-refractivity contribution in [3.8, 4) is 0 Å². The molecular formula is C19H19ClFN3O3S. The van der Waals surface area contributed by atoms with Gasteiger partial charge in [0.1, 0.15) is 17.7 Å². The third kappa shape index (κ3) is 4.02. The average Bonchev–Trinajstić information content (AvgIpc) is 2.92. The van der Waals surface area contributed by atoms with Crippen LogP contribution in [0.5, 0.6) is 0 Å². The second-order valence-corrected chi connectivity index (χ2v) is 8.59. The summed E-state index contributed by atoms with van der Waals surface area (Å²) in [6.45, 7) is 3.76. The van der Waals surface area contributed by atoms with Gasteiger partial charge in [0.2, 0.25) is 5.91 Å². The number of rotatable bonds is 5. The van der Waals surface area contributed by atoms with Gasteiger partial charge in [-0.15, -0.1) is 0 Å². The zero-order chi connectivity index (χ0) is 20.5. The molecule has 0 bridgehead atoms. The Kier molecular flexibility index (Phi) is 5.71. The van der Waals surface area contributed by atoms with E-state index in [0.29, 0.717) is 17.7 Å². The van der Waals surface area contributed by atoms with Crippen LogP contribution in [0.2, 0.25) is 5.02 Å². The monoisotopic (exact) mass is 423 g/mol. The van der Waals surface area contributed by atoms with Crippen LogP contribution in [0.4, 0.5) is 10.1 Å². The molecule has 1 heterocycles. The van der Waals surface area contributed by atoms with E-state index >= 15 is 0 Å². The summed E-state index contributed by atoms with van der Waals surface area (Å²) < 4.78 is 40.3. The fourth-order valence-corrected chi connectivity index (χ4v) is 4.25. The summed E-state index contributed by atoms with van der Waals surface area (Å²) in [5, 5.41) is 2.56. The highest BCUT2D eigenvalue weighted by Gasteiger charge is 2.33. The van der Waals surface area contributed by atoms with Crippen molar-refractivity contribution in [3.05, 3.63) is 58.9 Å². The summed E-state index contributed by atoms with van der Waals surface area (Å²) in [4.78, 5) is 17.4. The average molecular weight is 424 g/mol. The molecule has 148 valence electrons. The molecule has 1 aliphatic rings. The first-order valence-corrected chi connectivity index (χ1v) is 10.5. The Morgan fingerprint density at radius 3 is 2.68 bits per heavy atom. The quantitative estimate of drug-likeness (QED) is 0.770. The van der Waals surface area contributed by atoms with Gasteiger partial charge < -0.3 is 5.32 Å². The summed E-state index contributed by atoms with van der Waals surface area (Å²) in [6.07, 6.45) is 0.646. The summed E-state index contributed by atoms with van der Waals surface area (Å²) in [7, 11) is -3.70. The van der Waals surface area contributed by atoms with Gasteiger partial charge >= 0.3 is 0 Å². The predicted octanol–water partition coefficient (Wildman–Crippen LogP) is 3.57. The number of hydrogen-bond donors (Lipinski definition) is 2. The summed E-state index contributed by atoms with van der Waals surface area (Å²) in [5.74, 6) is -1.06. The second-order valence-electron chi connectivity index (χ2n) is 6.53. The number of hydrogen-bond acceptors (Lipinski definition) is 4. The van der Waals surface area contributed by atoms with Gasteiger partial charge in [0.15, 0.2) is 0 Å². The lowest BCUT2D eigenvalue weighted by molar-refractivity contribution is -0.118. The Labute approximate surface area is 167 Å². The van der Waals surface area contributed by atoms with Crippen molar-refractivity contribution < 1.29 is 17.6 Å². The highest BCUT2D eigenvalue weighted by molar-refractivity contribution is 7.90. The van der Waals surface area contributed by atoms with Crippen LogP contribution in [0.25, 0.3) is 0 Å². The maximum atomic E-state index is 13.3. The van der Waals surface area contributed by atoms with E-state index in [1.807, 2.05) is 13.8 Å². The minimum absolute atomic E-state index is 0.110. The minimum atomic E-state index is -3.70. The first-order chi connectivity index (χ1) is 13.2. The number of benzene rings is 2. The fraction of sp³-hybridized carbons (Fsp3) is 0.263. The number of amidine groups is 1. The van der Waals surface area contributed by atoms with Crippen molar-refractivity contribution >= 4 is 39.1 Å². The lowest BCUT2D eigenvalue weighted by Gasteiger charge is -2.19. The van der Waals surface area contributed by atoms with Crippen molar-refractivity contribution in [2.75, 3.05) is 5.32 Å². The highest BCUT2D eigenvalue weighted by atomic mass is 35.5. The molecule has 0 aromatic heterocycles. The van der Waals surface area contributed by atoms with E-state index in [-0.39, 0.29) is 21.7 Å². The fourth-order valence-electron chi connectivity index (χ4n) is 2.83. The Bertz CT molecular complexity index is 1060. The number of fused-ring (bicyclic) bond motifs is 1. The summed E-state index contributed by atoms with van der Waals surface area (Å²) in [5.41, 5.74) is 0.755. The topological polar surface area (TPSA) is 87.6 Å². The molecule has 2 atom stereocenters. The molecule has 0 saturated carbocycles. The molecule has 1 amide bonds. The van der Waals surface area contributed by atoms with Gasteiger partial charge in [-0.2, -0.15) is 0 Å². The largest absolute Gasteiger partial charge is 0.324 e. The molecule has 0 fully saturated rings. The Morgan fingerprint density at radius 2 is 2.00 bits per heavy atom. The lowest BCUT2D eigenvalue weighted by atomic mass is 9.98. The molecular weight excluding hydrogens is 405 g/mol. The zero-order valence-electron chi connectivity index (χ0n) is 15.2. The van der Waals surface area contributed by atoms with E-state index in [1.165, 1.54) is 18.2 Å². The predicted molar refractivity (Wildman–Crippen MR) is 107 cm³/mol. The van der Waals surface area contributed by atoms with E-state index in [4.69, 9.17) is 11.6 Å². The van der Waals surface area contributed by atoms with Crippen LogP contribution < -0.4 is 10.0 Å². The molecule has 6 nitrogen and oxygen atoms in total. The standard InChI is InChI=1S/C19H19ClFN3O3S/c1-3-11(2)17(19(25)22-12-8-9-15(21)14(20)10-12)23-18-13-6-4-5-7-16(13)28(26,27)24-18/h4-11,17H,3H2,1-2H3,(H,22,25)(H,23,24)/t11-,17-/m0/s1. The third-order valence-corrected chi connectivity index (χ3v) is 6.26. The highest BCUT2D eigenvalue weighted by Crippen LogP contribution is 2.25. The molecule has 28 heavy (non-hydrogen) atoms. The van der Waals surface area contributed by atoms with Crippen LogP contribution in [0, 0.1) is 11.7 Å². The number of carbonyl (C=O) groups excluding carboxylic acids is 1. The van der Waals surface area contributed by atoms with Gasteiger partial charge in [-0.25, -0.2) is 12.8 Å². The van der Waals surface area contributed by atoms with Crippen molar-refractivity contribution in [1.29, 1.82) is 0 Å². The molecule has 0 unspecified atom stereocenters. The number of amides is 1. The first-order valence-electron chi connectivity index (χ1n) is 8.69. The van der Waals surface area contributed by atoms with E-state index in [0.717, 1.165) is 6.07 Å². The van der Waals surface area contributed by atoms with Gasteiger partial charge in [-0.3, -0.25) is 14.5 Å². The number of carbonyl (C=O) groups is 1. The van der Waals surface area contributed by atoms with E-state index in [2.05, 4.69) is 15.0 Å². The van der Waals surface area contributed by atoms with Gasteiger partial charge in [0, 0.05) is 11.3 Å². The summed E-state index contributed by atoms with van der Waals surface area (Å²) >= 11 is 5.76. The number of aliphatic imine (C=N–C) groups is 1. The van der Waals surface area contributed by atoms with Crippen molar-refractivity contribution in [2.24, 2.45) is 10.9 Å². The third-order valence-electron chi connectivity index (χ3n) is 4.57. The molecule has 2 N–H and O–H groups in total. The molecule has 1 aliphatic heterocycles. The maximum Gasteiger partial charge on any atom is 0.263 e. The molecule has 0 aliphatic carbocycles. The number of halogens is 2. The molecule has 9 heteroatoms. The van der Waals surface area contributed by atoms with Crippen LogP contribution in [0.15, 0.2) is 52.4 Å². The molecule has 0 saturated heterocycles. The molecule has 0 radical (unpaired) electrons. The number of nitrogens with one attached hydrogen (secondary N) is 2. The maximum absolute atomic E-state index is 13.3.